The molecule has 0 spiro atoms. The van der Waals surface area contributed by atoms with Gasteiger partial charge in [0.05, 0.1) is 17.3 Å². The van der Waals surface area contributed by atoms with Gasteiger partial charge in [0.2, 0.25) is 5.91 Å². The van der Waals surface area contributed by atoms with Gasteiger partial charge in [-0.1, -0.05) is 31.4 Å². The van der Waals surface area contributed by atoms with Gasteiger partial charge >= 0.3 is 0 Å². The lowest BCUT2D eigenvalue weighted by Gasteiger charge is -2.11. The highest BCUT2D eigenvalue weighted by Gasteiger charge is 2.10. The Bertz CT molecular complexity index is 760. The summed E-state index contributed by atoms with van der Waals surface area (Å²) in [4.78, 5) is 23.6. The molecule has 0 aromatic heterocycles. The number of ether oxygens (including phenoxy) is 1. The van der Waals surface area contributed by atoms with Crippen LogP contribution in [0.15, 0.2) is 42.5 Å². The number of halogens is 1. The Kier molecular flexibility index (Phi) is 7.48. The van der Waals surface area contributed by atoms with E-state index in [0.29, 0.717) is 28.6 Å². The fraction of sp³-hybridized carbons (Fsp3) is 0.300. The molecule has 0 aliphatic rings. The number of carbonyl (C=O) groups is 2. The van der Waals surface area contributed by atoms with E-state index >= 15 is 0 Å². The van der Waals surface area contributed by atoms with Gasteiger partial charge in [0.15, 0.2) is 0 Å². The van der Waals surface area contributed by atoms with Gasteiger partial charge in [-0.15, -0.1) is 0 Å². The highest BCUT2D eigenvalue weighted by molar-refractivity contribution is 6.34. The average Bonchev–Trinajstić information content (AvgIpc) is 2.61. The third-order valence-corrected chi connectivity index (χ3v) is 4.00. The van der Waals surface area contributed by atoms with Gasteiger partial charge in [-0.3, -0.25) is 9.59 Å². The number of nitrogens with one attached hydrogen (secondary N) is 2. The van der Waals surface area contributed by atoms with Crippen molar-refractivity contribution in [3.05, 3.63) is 53.1 Å². The van der Waals surface area contributed by atoms with Crippen molar-refractivity contribution < 1.29 is 14.3 Å². The molecule has 6 heteroatoms. The molecule has 0 aliphatic carbocycles. The van der Waals surface area contributed by atoms with Crippen LogP contribution in [0, 0.1) is 0 Å². The molecule has 0 fully saturated rings. The van der Waals surface area contributed by atoms with Crippen molar-refractivity contribution in [2.24, 2.45) is 0 Å². The molecule has 0 atom stereocenters. The standard InChI is InChI=1S/C20H23ClN2O3/c1-3-4-5-12-26-17-9-6-15(7-10-17)20(25)23-19-13-16(22-14(2)24)8-11-18(19)21/h6-11,13H,3-5,12H2,1-2H3,(H,22,24)(H,23,25). The second kappa shape index (κ2) is 9.82. The number of carbonyl (C=O) groups excluding carboxylic acids is 2. The molecule has 2 rings (SSSR count). The Morgan fingerprint density at radius 3 is 2.42 bits per heavy atom. The van der Waals surface area contributed by atoms with Crippen LogP contribution < -0.4 is 15.4 Å². The number of hydrogen-bond donors (Lipinski definition) is 2. The van der Waals surface area contributed by atoms with Crippen LogP contribution in [-0.4, -0.2) is 18.4 Å². The summed E-state index contributed by atoms with van der Waals surface area (Å²) in [5.74, 6) is 0.256. The van der Waals surface area contributed by atoms with Crippen molar-refractivity contribution in [2.75, 3.05) is 17.2 Å². The highest BCUT2D eigenvalue weighted by Crippen LogP contribution is 2.26. The second-order valence-corrected chi connectivity index (χ2v) is 6.32. The predicted molar refractivity (Wildman–Crippen MR) is 105 cm³/mol. The van der Waals surface area contributed by atoms with Gasteiger partial charge in [0.25, 0.3) is 5.91 Å². The van der Waals surface area contributed by atoms with Gasteiger partial charge in [-0.25, -0.2) is 0 Å². The monoisotopic (exact) mass is 374 g/mol. The molecular weight excluding hydrogens is 352 g/mol. The highest BCUT2D eigenvalue weighted by atomic mass is 35.5. The fourth-order valence-electron chi connectivity index (χ4n) is 2.34. The lowest BCUT2D eigenvalue weighted by molar-refractivity contribution is -0.114. The van der Waals surface area contributed by atoms with Crippen molar-refractivity contribution in [1.82, 2.24) is 0 Å². The molecule has 0 saturated heterocycles. The van der Waals surface area contributed by atoms with Crippen LogP contribution in [0.3, 0.4) is 0 Å². The van der Waals surface area contributed by atoms with Crippen LogP contribution in [0.25, 0.3) is 0 Å². The minimum atomic E-state index is -0.288. The molecule has 2 amide bonds. The fourth-order valence-corrected chi connectivity index (χ4v) is 2.51. The van der Waals surface area contributed by atoms with E-state index in [-0.39, 0.29) is 11.8 Å². The van der Waals surface area contributed by atoms with E-state index in [1.807, 2.05) is 0 Å². The lowest BCUT2D eigenvalue weighted by Crippen LogP contribution is -2.13. The third-order valence-electron chi connectivity index (χ3n) is 3.67. The summed E-state index contributed by atoms with van der Waals surface area (Å²) in [7, 11) is 0. The normalized spacial score (nSPS) is 10.3. The average molecular weight is 375 g/mol. The van der Waals surface area contributed by atoms with E-state index in [1.165, 1.54) is 6.92 Å². The zero-order valence-electron chi connectivity index (χ0n) is 15.0. The van der Waals surface area contributed by atoms with Crippen LogP contribution in [0.2, 0.25) is 5.02 Å². The summed E-state index contributed by atoms with van der Waals surface area (Å²) < 4.78 is 5.64. The Morgan fingerprint density at radius 2 is 1.77 bits per heavy atom. The topological polar surface area (TPSA) is 67.4 Å². The summed E-state index contributed by atoms with van der Waals surface area (Å²) in [6, 6.07) is 11.9. The van der Waals surface area contributed by atoms with Gasteiger partial charge in [0, 0.05) is 18.2 Å². The first-order valence-electron chi connectivity index (χ1n) is 8.61. The Labute approximate surface area is 158 Å². The molecule has 5 nitrogen and oxygen atoms in total. The van der Waals surface area contributed by atoms with Crippen molar-refractivity contribution in [3.63, 3.8) is 0 Å². The van der Waals surface area contributed by atoms with Crippen molar-refractivity contribution >= 4 is 34.8 Å². The molecule has 26 heavy (non-hydrogen) atoms. The largest absolute Gasteiger partial charge is 0.494 e. The molecule has 0 saturated carbocycles. The van der Waals surface area contributed by atoms with Crippen molar-refractivity contribution in [1.29, 1.82) is 0 Å². The molecule has 0 bridgehead atoms. The van der Waals surface area contributed by atoms with Crippen LogP contribution >= 0.6 is 11.6 Å². The summed E-state index contributed by atoms with van der Waals surface area (Å²) in [6.07, 6.45) is 3.30. The minimum Gasteiger partial charge on any atom is -0.494 e. The molecule has 0 unspecified atom stereocenters. The summed E-state index contributed by atoms with van der Waals surface area (Å²) in [5.41, 5.74) is 1.49. The van der Waals surface area contributed by atoms with Gasteiger partial charge in [-0.05, 0) is 48.9 Å². The Balaban J connectivity index is 2.00. The first kappa shape index (κ1) is 19.8. The zero-order chi connectivity index (χ0) is 18.9. The predicted octanol–water partition coefficient (Wildman–Crippen LogP) is 5.12. The van der Waals surface area contributed by atoms with Crippen LogP contribution in [0.1, 0.15) is 43.5 Å². The Hall–Kier alpha value is -2.53. The maximum atomic E-state index is 12.4. The first-order valence-corrected chi connectivity index (χ1v) is 8.98. The number of benzene rings is 2. The number of anilines is 2. The maximum Gasteiger partial charge on any atom is 0.255 e. The molecule has 0 aliphatic heterocycles. The number of rotatable bonds is 8. The smallest absolute Gasteiger partial charge is 0.255 e. The van der Waals surface area contributed by atoms with E-state index < -0.39 is 0 Å². The zero-order valence-corrected chi connectivity index (χ0v) is 15.7. The van der Waals surface area contributed by atoms with E-state index in [1.54, 1.807) is 42.5 Å². The number of unbranched alkanes of at least 4 members (excludes halogenated alkanes) is 2. The number of hydrogen-bond acceptors (Lipinski definition) is 3. The van der Waals surface area contributed by atoms with E-state index in [2.05, 4.69) is 17.6 Å². The molecule has 2 N–H and O–H groups in total. The molecule has 0 heterocycles. The quantitative estimate of drug-likeness (QED) is 0.630. The van der Waals surface area contributed by atoms with Crippen LogP contribution in [0.4, 0.5) is 11.4 Å². The number of amides is 2. The van der Waals surface area contributed by atoms with E-state index in [9.17, 15) is 9.59 Å². The van der Waals surface area contributed by atoms with Gasteiger partial charge < -0.3 is 15.4 Å². The van der Waals surface area contributed by atoms with Gasteiger partial charge in [0.1, 0.15) is 5.75 Å². The summed E-state index contributed by atoms with van der Waals surface area (Å²) in [6.45, 7) is 4.23. The Morgan fingerprint density at radius 1 is 1.04 bits per heavy atom. The lowest BCUT2D eigenvalue weighted by atomic mass is 10.2. The van der Waals surface area contributed by atoms with E-state index in [4.69, 9.17) is 16.3 Å². The van der Waals surface area contributed by atoms with Crippen molar-refractivity contribution in [3.8, 4) is 5.75 Å². The van der Waals surface area contributed by atoms with Crippen LogP contribution in [0.5, 0.6) is 5.75 Å². The van der Waals surface area contributed by atoms with Crippen LogP contribution in [-0.2, 0) is 4.79 Å². The van der Waals surface area contributed by atoms with E-state index in [0.717, 1.165) is 25.0 Å². The minimum absolute atomic E-state index is 0.195. The van der Waals surface area contributed by atoms with Crippen molar-refractivity contribution in [2.45, 2.75) is 33.1 Å². The first-order chi connectivity index (χ1) is 12.5. The molecule has 2 aromatic carbocycles. The summed E-state index contributed by atoms with van der Waals surface area (Å²) in [5, 5.41) is 5.80. The molecule has 138 valence electrons. The molecular formula is C20H23ClN2O3. The SMILES string of the molecule is CCCCCOc1ccc(C(=O)Nc2cc(NC(C)=O)ccc2Cl)cc1. The second-order valence-electron chi connectivity index (χ2n) is 5.91. The van der Waals surface area contributed by atoms with Gasteiger partial charge in [-0.2, -0.15) is 0 Å². The molecule has 2 aromatic rings. The molecule has 0 radical (unpaired) electrons. The third kappa shape index (κ3) is 6.08. The summed E-state index contributed by atoms with van der Waals surface area (Å²) >= 11 is 6.12. The maximum absolute atomic E-state index is 12.4.